The van der Waals surface area contributed by atoms with Crippen molar-refractivity contribution in [3.8, 4) is 0 Å². The molecule has 0 bridgehead atoms. The molecule has 3 rings (SSSR count). The van der Waals surface area contributed by atoms with Crippen molar-refractivity contribution >= 4 is 11.9 Å². The highest BCUT2D eigenvalue weighted by Crippen LogP contribution is 2.04. The molecule has 3 aromatic rings. The van der Waals surface area contributed by atoms with E-state index in [0.717, 1.165) is 21.3 Å². The minimum Gasteiger partial charge on any atom is -0.481 e. The van der Waals surface area contributed by atoms with Gasteiger partial charge in [-0.3, -0.25) is 19.1 Å². The quantitative estimate of drug-likeness (QED) is 0.468. The number of carbonyl (C=O) groups excluding carboxylic acids is 1. The number of aryl methyl sites for hydroxylation is 2. The van der Waals surface area contributed by atoms with E-state index in [1.165, 1.54) is 4.57 Å². The van der Waals surface area contributed by atoms with Gasteiger partial charge in [-0.1, -0.05) is 47.5 Å². The van der Waals surface area contributed by atoms with Crippen LogP contribution in [0.15, 0.2) is 63.2 Å². The smallest absolute Gasteiger partial charge is 0.335 e. The van der Waals surface area contributed by atoms with E-state index in [4.69, 9.17) is 5.11 Å². The van der Waals surface area contributed by atoms with Gasteiger partial charge in [-0.2, -0.15) is 0 Å². The lowest BCUT2D eigenvalue weighted by atomic mass is 10.1. The number of carboxylic acids is 1. The Morgan fingerprint density at radius 1 is 0.969 bits per heavy atom. The fourth-order valence-electron chi connectivity index (χ4n) is 2.94. The lowest BCUT2D eigenvalue weighted by Gasteiger charge is -2.11. The van der Waals surface area contributed by atoms with Gasteiger partial charge >= 0.3 is 17.3 Å². The third-order valence-corrected chi connectivity index (χ3v) is 4.77. The Labute approximate surface area is 182 Å². The molecule has 0 atom stereocenters. The van der Waals surface area contributed by atoms with Crippen molar-refractivity contribution in [3.63, 3.8) is 0 Å². The molecule has 3 N–H and O–H groups in total. The van der Waals surface area contributed by atoms with Crippen molar-refractivity contribution < 1.29 is 14.7 Å². The molecule has 0 unspecified atom stereocenters. The molecular formula is C22H23N5O5. The summed E-state index contributed by atoms with van der Waals surface area (Å²) >= 11 is 0. The summed E-state index contributed by atoms with van der Waals surface area (Å²) in [4.78, 5) is 51.1. The monoisotopic (exact) mass is 437 g/mol. The number of rotatable bonds is 7. The number of hydrogen-bond donors (Lipinski definition) is 3. The molecule has 10 heteroatoms. The first-order chi connectivity index (χ1) is 15.2. The maximum Gasteiger partial charge on any atom is 0.335 e. The van der Waals surface area contributed by atoms with Gasteiger partial charge in [0.1, 0.15) is 0 Å². The van der Waals surface area contributed by atoms with Gasteiger partial charge in [0.05, 0.1) is 13.0 Å². The molecule has 1 heterocycles. The van der Waals surface area contributed by atoms with Gasteiger partial charge in [-0.15, -0.1) is 5.10 Å². The predicted molar refractivity (Wildman–Crippen MR) is 116 cm³/mol. The van der Waals surface area contributed by atoms with Crippen LogP contribution < -0.4 is 22.4 Å². The molecule has 0 saturated heterocycles. The minimum atomic E-state index is -1.14. The van der Waals surface area contributed by atoms with E-state index in [2.05, 4.69) is 15.5 Å². The van der Waals surface area contributed by atoms with Crippen LogP contribution in [-0.4, -0.2) is 31.1 Å². The molecule has 0 aliphatic carbocycles. The van der Waals surface area contributed by atoms with E-state index < -0.39 is 29.7 Å². The zero-order valence-electron chi connectivity index (χ0n) is 17.7. The van der Waals surface area contributed by atoms with Gasteiger partial charge in [0.2, 0.25) is 5.62 Å². The molecule has 10 nitrogen and oxygen atoms in total. The third kappa shape index (κ3) is 5.48. The number of nitrogens with zero attached hydrogens (tertiary/aromatic N) is 3. The Morgan fingerprint density at radius 3 is 2.16 bits per heavy atom. The standard InChI is InChI=1S/C22H23N5O5/c1-14-3-7-16(8-4-14)13-27-20(23-21(31)26(22(27)32)12-11-18(28)29)25-24-19(30)17-9-5-15(2)6-10-17/h3-10H,11-13H2,1-2H3,(H,24,30)(H,28,29)(H,23,25,31). The fraction of sp³-hybridized carbons (Fsp3) is 0.227. The molecule has 2 aromatic carbocycles. The predicted octanol–water partition coefficient (Wildman–Crippen LogP) is 0.724. The van der Waals surface area contributed by atoms with Crippen LogP contribution in [0.3, 0.4) is 0 Å². The highest BCUT2D eigenvalue weighted by Gasteiger charge is 2.12. The van der Waals surface area contributed by atoms with Crippen LogP contribution in [0.2, 0.25) is 0 Å². The van der Waals surface area contributed by atoms with Crippen molar-refractivity contribution in [2.75, 3.05) is 0 Å². The zero-order valence-corrected chi connectivity index (χ0v) is 17.7. The summed E-state index contributed by atoms with van der Waals surface area (Å²) in [6.45, 7) is 3.58. The maximum absolute atomic E-state index is 13.0. The van der Waals surface area contributed by atoms with E-state index in [-0.39, 0.29) is 18.7 Å². The SMILES string of the molecule is Cc1ccc(Cn2c(=O)n(CCC(=O)O)c(=O)[nH]/c2=N\NC(=O)c2ccc(C)cc2)cc1. The van der Waals surface area contributed by atoms with Crippen LogP contribution in [0.4, 0.5) is 0 Å². The molecule has 0 radical (unpaired) electrons. The molecule has 1 aromatic heterocycles. The van der Waals surface area contributed by atoms with Gasteiger partial charge < -0.3 is 5.11 Å². The van der Waals surface area contributed by atoms with Gasteiger partial charge in [0.15, 0.2) is 0 Å². The van der Waals surface area contributed by atoms with E-state index >= 15 is 0 Å². The lowest BCUT2D eigenvalue weighted by molar-refractivity contribution is -0.137. The van der Waals surface area contributed by atoms with Crippen LogP contribution in [0, 0.1) is 13.8 Å². The van der Waals surface area contributed by atoms with Crippen LogP contribution >= 0.6 is 0 Å². The van der Waals surface area contributed by atoms with Crippen molar-refractivity contribution in [1.82, 2.24) is 19.5 Å². The van der Waals surface area contributed by atoms with Gasteiger partial charge in [-0.25, -0.2) is 19.6 Å². The summed E-state index contributed by atoms with van der Waals surface area (Å²) in [5, 5.41) is 12.9. The molecule has 166 valence electrons. The molecule has 0 aliphatic rings. The van der Waals surface area contributed by atoms with Crippen molar-refractivity contribution in [1.29, 1.82) is 0 Å². The van der Waals surface area contributed by atoms with Crippen LogP contribution in [-0.2, 0) is 17.9 Å². The molecule has 1 amide bonds. The Balaban J connectivity index is 2.03. The van der Waals surface area contributed by atoms with Crippen molar-refractivity contribution in [2.24, 2.45) is 5.10 Å². The number of aliphatic carboxylic acids is 1. The first-order valence-corrected chi connectivity index (χ1v) is 9.86. The van der Waals surface area contributed by atoms with Crippen molar-refractivity contribution in [3.05, 3.63) is 97.4 Å². The summed E-state index contributed by atoms with van der Waals surface area (Å²) in [6, 6.07) is 14.2. The molecule has 0 aliphatic heterocycles. The van der Waals surface area contributed by atoms with Crippen LogP contribution in [0.5, 0.6) is 0 Å². The third-order valence-electron chi connectivity index (χ3n) is 4.77. The average molecular weight is 437 g/mol. The van der Waals surface area contributed by atoms with Gasteiger partial charge in [-0.05, 0) is 31.5 Å². The Kier molecular flexibility index (Phi) is 6.83. The number of nitrogens with one attached hydrogen (secondary N) is 2. The Morgan fingerprint density at radius 2 is 1.56 bits per heavy atom. The van der Waals surface area contributed by atoms with E-state index in [1.807, 2.05) is 38.1 Å². The molecular weight excluding hydrogens is 414 g/mol. The Bertz CT molecular complexity index is 1320. The number of H-pyrrole nitrogens is 1. The van der Waals surface area contributed by atoms with Gasteiger partial charge in [0, 0.05) is 12.1 Å². The number of benzene rings is 2. The number of carboxylic acid groups (broad SMARTS) is 1. The molecule has 32 heavy (non-hydrogen) atoms. The molecule has 0 spiro atoms. The molecule has 0 fully saturated rings. The first-order valence-electron chi connectivity index (χ1n) is 9.86. The van der Waals surface area contributed by atoms with Crippen LogP contribution in [0.25, 0.3) is 0 Å². The summed E-state index contributed by atoms with van der Waals surface area (Å²) < 4.78 is 1.96. The second-order valence-electron chi connectivity index (χ2n) is 7.32. The maximum atomic E-state index is 13.0. The second-order valence-corrected chi connectivity index (χ2v) is 7.32. The second kappa shape index (κ2) is 9.73. The van der Waals surface area contributed by atoms with E-state index in [1.54, 1.807) is 24.3 Å². The molecule has 0 saturated carbocycles. The summed E-state index contributed by atoms with van der Waals surface area (Å²) in [5.41, 5.74) is 3.78. The summed E-state index contributed by atoms with van der Waals surface area (Å²) in [7, 11) is 0. The normalized spacial score (nSPS) is 11.4. The summed E-state index contributed by atoms with van der Waals surface area (Å²) in [5.74, 6) is -1.65. The number of aromatic amines is 1. The van der Waals surface area contributed by atoms with E-state index in [9.17, 15) is 19.2 Å². The average Bonchev–Trinajstić information content (AvgIpc) is 2.75. The first kappa shape index (κ1) is 22.5. The highest BCUT2D eigenvalue weighted by atomic mass is 16.4. The topological polar surface area (TPSA) is 139 Å². The van der Waals surface area contributed by atoms with E-state index in [0.29, 0.717) is 5.56 Å². The highest BCUT2D eigenvalue weighted by molar-refractivity contribution is 5.93. The van der Waals surface area contributed by atoms with Crippen molar-refractivity contribution in [2.45, 2.75) is 33.4 Å². The number of amides is 1. The largest absolute Gasteiger partial charge is 0.481 e. The lowest BCUT2D eigenvalue weighted by Crippen LogP contribution is -2.51. The fourth-order valence-corrected chi connectivity index (χ4v) is 2.94. The zero-order chi connectivity index (χ0) is 23.3. The Hall–Kier alpha value is -4.21. The van der Waals surface area contributed by atoms with Gasteiger partial charge in [0.25, 0.3) is 5.91 Å². The van der Waals surface area contributed by atoms with Crippen LogP contribution in [0.1, 0.15) is 33.5 Å². The minimum absolute atomic E-state index is 0.0577. The number of hydrogen-bond acceptors (Lipinski definition) is 5. The summed E-state index contributed by atoms with van der Waals surface area (Å²) in [6.07, 6.45) is -0.395. The number of aromatic nitrogens is 3. The number of carbonyl (C=O) groups is 2.